The minimum atomic E-state index is -0.0910. The van der Waals surface area contributed by atoms with Crippen molar-refractivity contribution in [3.05, 3.63) is 28.2 Å². The second kappa shape index (κ2) is 8.94. The summed E-state index contributed by atoms with van der Waals surface area (Å²) in [6.07, 6.45) is 3.32. The lowest BCUT2D eigenvalue weighted by Crippen LogP contribution is -2.51. The molecule has 0 bridgehead atoms. The highest BCUT2D eigenvalue weighted by Crippen LogP contribution is 2.25. The molecule has 0 aromatic heterocycles. The number of likely N-dealkylation sites (tertiary alicyclic amines) is 1. The average molecular weight is 367 g/mol. The van der Waals surface area contributed by atoms with Gasteiger partial charge in [-0.2, -0.15) is 0 Å². The number of hydrogen-bond acceptors (Lipinski definition) is 3. The van der Waals surface area contributed by atoms with Crippen LogP contribution in [0, 0.1) is 0 Å². The van der Waals surface area contributed by atoms with Crippen LogP contribution in [-0.2, 0) is 4.79 Å². The van der Waals surface area contributed by atoms with E-state index in [1.165, 1.54) is 6.42 Å². The van der Waals surface area contributed by atoms with Crippen molar-refractivity contribution in [2.24, 2.45) is 5.73 Å². The lowest BCUT2D eigenvalue weighted by atomic mass is 9.97. The summed E-state index contributed by atoms with van der Waals surface area (Å²) < 4.78 is 0. The normalized spacial score (nSPS) is 20.1. The monoisotopic (exact) mass is 365 g/mol. The molecule has 1 aromatic rings. The number of rotatable bonds is 4. The summed E-state index contributed by atoms with van der Waals surface area (Å²) in [5.74, 6) is -0.0910. The van der Waals surface area contributed by atoms with Gasteiger partial charge in [-0.05, 0) is 44.5 Å². The van der Waals surface area contributed by atoms with Crippen molar-refractivity contribution in [2.75, 3.05) is 18.4 Å². The third kappa shape index (κ3) is 5.28. The highest BCUT2D eigenvalue weighted by Gasteiger charge is 2.26. The van der Waals surface area contributed by atoms with E-state index >= 15 is 0 Å². The number of anilines is 1. The molecule has 0 radical (unpaired) electrons. The Balaban J connectivity index is 0.00000242. The Morgan fingerprint density at radius 3 is 2.86 bits per heavy atom. The summed E-state index contributed by atoms with van der Waals surface area (Å²) in [6, 6.07) is 5.34. The molecule has 0 spiro atoms. The maximum atomic E-state index is 12.2. The average Bonchev–Trinajstić information content (AvgIpc) is 2.43. The topological polar surface area (TPSA) is 58.4 Å². The minimum absolute atomic E-state index is 0. The summed E-state index contributed by atoms with van der Waals surface area (Å²) in [6.45, 7) is 3.23. The number of piperidine rings is 1. The lowest BCUT2D eigenvalue weighted by Gasteiger charge is -2.37. The van der Waals surface area contributed by atoms with Gasteiger partial charge in [-0.3, -0.25) is 9.69 Å². The third-order valence-corrected chi connectivity index (χ3v) is 4.39. The van der Waals surface area contributed by atoms with Crippen molar-refractivity contribution in [1.82, 2.24) is 4.90 Å². The van der Waals surface area contributed by atoms with Crippen LogP contribution in [0.25, 0.3) is 0 Å². The second-order valence-corrected chi connectivity index (χ2v) is 6.41. The zero-order valence-corrected chi connectivity index (χ0v) is 14.8. The Morgan fingerprint density at radius 1 is 1.45 bits per heavy atom. The number of carbonyl (C=O) groups is 1. The summed E-state index contributed by atoms with van der Waals surface area (Å²) >= 11 is 12.0. The van der Waals surface area contributed by atoms with Crippen LogP contribution in [-0.4, -0.2) is 36.0 Å². The SMILES string of the molecule is CC(N)C1CCCCN1CC(=O)Nc1cc(Cl)ccc1Cl.Cl. The maximum Gasteiger partial charge on any atom is 0.238 e. The van der Waals surface area contributed by atoms with Crippen LogP contribution < -0.4 is 11.1 Å². The van der Waals surface area contributed by atoms with Crippen LogP contribution in [0.4, 0.5) is 5.69 Å². The molecule has 22 heavy (non-hydrogen) atoms. The molecule has 1 aliphatic heterocycles. The highest BCUT2D eigenvalue weighted by molar-refractivity contribution is 6.35. The van der Waals surface area contributed by atoms with Crippen molar-refractivity contribution in [2.45, 2.75) is 38.3 Å². The molecule has 1 fully saturated rings. The van der Waals surface area contributed by atoms with E-state index in [9.17, 15) is 4.79 Å². The summed E-state index contributed by atoms with van der Waals surface area (Å²) in [7, 11) is 0. The van der Waals surface area contributed by atoms with Gasteiger partial charge in [0, 0.05) is 17.1 Å². The second-order valence-electron chi connectivity index (χ2n) is 5.57. The molecule has 2 unspecified atom stereocenters. The summed E-state index contributed by atoms with van der Waals surface area (Å²) in [5.41, 5.74) is 6.56. The first-order chi connectivity index (χ1) is 9.97. The van der Waals surface area contributed by atoms with Crippen molar-refractivity contribution < 1.29 is 4.79 Å². The number of hydrogen-bond donors (Lipinski definition) is 2. The van der Waals surface area contributed by atoms with Gasteiger partial charge in [0.2, 0.25) is 5.91 Å². The molecular weight excluding hydrogens is 345 g/mol. The molecular formula is C15H22Cl3N3O. The van der Waals surface area contributed by atoms with E-state index in [-0.39, 0.29) is 30.4 Å². The molecule has 0 aliphatic carbocycles. The molecule has 2 atom stereocenters. The number of nitrogens with one attached hydrogen (secondary N) is 1. The zero-order chi connectivity index (χ0) is 15.4. The maximum absolute atomic E-state index is 12.2. The van der Waals surface area contributed by atoms with Crippen LogP contribution in [0.2, 0.25) is 10.0 Å². The van der Waals surface area contributed by atoms with Crippen LogP contribution in [0.1, 0.15) is 26.2 Å². The number of amides is 1. The van der Waals surface area contributed by atoms with Crippen molar-refractivity contribution in [3.8, 4) is 0 Å². The Labute approximate surface area is 147 Å². The lowest BCUT2D eigenvalue weighted by molar-refractivity contribution is -0.118. The Bertz CT molecular complexity index is 511. The molecule has 7 heteroatoms. The molecule has 1 aromatic carbocycles. The molecule has 124 valence electrons. The van der Waals surface area contributed by atoms with Gasteiger partial charge < -0.3 is 11.1 Å². The van der Waals surface area contributed by atoms with E-state index in [1.54, 1.807) is 18.2 Å². The van der Waals surface area contributed by atoms with Gasteiger partial charge in [0.25, 0.3) is 0 Å². The largest absolute Gasteiger partial charge is 0.327 e. The first-order valence-corrected chi connectivity index (χ1v) is 7.97. The quantitative estimate of drug-likeness (QED) is 0.856. The van der Waals surface area contributed by atoms with Crippen molar-refractivity contribution in [3.63, 3.8) is 0 Å². The minimum Gasteiger partial charge on any atom is -0.327 e. The van der Waals surface area contributed by atoms with Gasteiger partial charge in [-0.15, -0.1) is 12.4 Å². The molecule has 1 aliphatic rings. The highest BCUT2D eigenvalue weighted by atomic mass is 35.5. The number of carbonyl (C=O) groups excluding carboxylic acids is 1. The van der Waals surface area contributed by atoms with Gasteiger partial charge >= 0.3 is 0 Å². The number of nitrogens with two attached hydrogens (primary N) is 1. The predicted octanol–water partition coefficient (Wildman–Crippen LogP) is 3.56. The molecule has 1 heterocycles. The molecule has 0 saturated carbocycles. The Morgan fingerprint density at radius 2 is 2.18 bits per heavy atom. The van der Waals surface area contributed by atoms with Gasteiger partial charge in [0.1, 0.15) is 0 Å². The van der Waals surface area contributed by atoms with Gasteiger partial charge in [-0.1, -0.05) is 29.6 Å². The van der Waals surface area contributed by atoms with E-state index in [4.69, 9.17) is 28.9 Å². The smallest absolute Gasteiger partial charge is 0.238 e. The molecule has 3 N–H and O–H groups in total. The van der Waals surface area contributed by atoms with E-state index in [0.717, 1.165) is 19.4 Å². The molecule has 2 rings (SSSR count). The Kier molecular flexibility index (Phi) is 7.94. The van der Waals surface area contributed by atoms with Gasteiger partial charge in [0.15, 0.2) is 0 Å². The molecule has 4 nitrogen and oxygen atoms in total. The summed E-state index contributed by atoms with van der Waals surface area (Å²) in [4.78, 5) is 14.4. The van der Waals surface area contributed by atoms with E-state index in [0.29, 0.717) is 22.3 Å². The predicted molar refractivity (Wildman–Crippen MR) is 95.2 cm³/mol. The fourth-order valence-electron chi connectivity index (χ4n) is 2.78. The standard InChI is InChI=1S/C15H21Cl2N3O.ClH/c1-10(18)14-4-2-3-7-20(14)9-15(21)19-13-8-11(16)5-6-12(13)17;/h5-6,8,10,14H,2-4,7,9,18H2,1H3,(H,19,21);1H. The van der Waals surface area contributed by atoms with Crippen molar-refractivity contribution in [1.29, 1.82) is 0 Å². The fraction of sp³-hybridized carbons (Fsp3) is 0.533. The van der Waals surface area contributed by atoms with E-state index in [1.807, 2.05) is 6.92 Å². The number of benzene rings is 1. The van der Waals surface area contributed by atoms with Gasteiger partial charge in [-0.25, -0.2) is 0 Å². The zero-order valence-electron chi connectivity index (χ0n) is 12.5. The van der Waals surface area contributed by atoms with Crippen LogP contribution in [0.3, 0.4) is 0 Å². The van der Waals surface area contributed by atoms with Gasteiger partial charge in [0.05, 0.1) is 17.3 Å². The van der Waals surface area contributed by atoms with E-state index in [2.05, 4.69) is 10.2 Å². The summed E-state index contributed by atoms with van der Waals surface area (Å²) in [5, 5.41) is 3.84. The number of halogens is 3. The first kappa shape index (κ1) is 19.5. The first-order valence-electron chi connectivity index (χ1n) is 7.22. The third-order valence-electron chi connectivity index (χ3n) is 3.82. The number of nitrogens with zero attached hydrogens (tertiary/aromatic N) is 1. The van der Waals surface area contributed by atoms with Crippen LogP contribution in [0.5, 0.6) is 0 Å². The molecule has 1 amide bonds. The van der Waals surface area contributed by atoms with Crippen LogP contribution >= 0.6 is 35.6 Å². The van der Waals surface area contributed by atoms with Crippen LogP contribution in [0.15, 0.2) is 18.2 Å². The fourth-order valence-corrected chi connectivity index (χ4v) is 3.11. The van der Waals surface area contributed by atoms with Crippen molar-refractivity contribution >= 4 is 47.2 Å². The Hall–Kier alpha value is -0.520. The van der Waals surface area contributed by atoms with E-state index < -0.39 is 0 Å². The molecule has 1 saturated heterocycles.